The molecule has 2 aromatic carbocycles. The van der Waals surface area contributed by atoms with Gasteiger partial charge in [-0.25, -0.2) is 4.48 Å². The molecular formula is C28H33F6N2O3+. The van der Waals surface area contributed by atoms with Crippen LogP contribution in [-0.4, -0.2) is 59.8 Å². The van der Waals surface area contributed by atoms with Crippen molar-refractivity contribution in [1.29, 1.82) is 0 Å². The number of allylic oxidation sites excluding steroid dienone is 1. The van der Waals surface area contributed by atoms with Gasteiger partial charge < -0.3 is 14.7 Å². The first-order valence-electron chi connectivity index (χ1n) is 12.4. The third kappa shape index (κ3) is 5.65. The summed E-state index contributed by atoms with van der Waals surface area (Å²) in [5.74, 6) is 0. The van der Waals surface area contributed by atoms with Gasteiger partial charge in [0.1, 0.15) is 18.6 Å². The summed E-state index contributed by atoms with van der Waals surface area (Å²) < 4.78 is 90.8. The van der Waals surface area contributed by atoms with Crippen LogP contribution in [0.15, 0.2) is 54.6 Å². The molecule has 1 fully saturated rings. The van der Waals surface area contributed by atoms with E-state index in [0.717, 1.165) is 12.1 Å². The Labute approximate surface area is 223 Å². The maximum Gasteiger partial charge on any atom is 0.514 e. The fourth-order valence-corrected chi connectivity index (χ4v) is 5.07. The molecule has 0 bridgehead atoms. The Kier molecular flexibility index (Phi) is 8.48. The molecule has 1 aliphatic rings. The number of ether oxygens (including phenoxy) is 1. The summed E-state index contributed by atoms with van der Waals surface area (Å²) in [6.45, 7) is 7.08. The fraction of sp³-hybridized carbons (Fsp3) is 0.464. The maximum atomic E-state index is 14.4. The molecule has 0 aromatic heterocycles. The van der Waals surface area contributed by atoms with Crippen molar-refractivity contribution >= 4 is 17.9 Å². The Morgan fingerprint density at radius 1 is 0.974 bits per heavy atom. The number of amides is 1. The monoisotopic (exact) mass is 559 g/mol. The van der Waals surface area contributed by atoms with Gasteiger partial charge in [0.2, 0.25) is 0 Å². The summed E-state index contributed by atoms with van der Waals surface area (Å²) in [6, 6.07) is 10.2. The number of hydrogen-bond donors (Lipinski definition) is 1. The van der Waals surface area contributed by atoms with Crippen LogP contribution in [0.25, 0.3) is 6.08 Å². The number of quaternary nitrogens is 1. The van der Waals surface area contributed by atoms with E-state index in [-0.39, 0.29) is 41.8 Å². The van der Waals surface area contributed by atoms with Crippen LogP contribution in [-0.2, 0) is 16.9 Å². The number of hydrogen-bond acceptors (Lipinski definition) is 3. The zero-order chi connectivity index (χ0) is 29.3. The summed E-state index contributed by atoms with van der Waals surface area (Å²) in [4.78, 5) is 13.9. The van der Waals surface area contributed by atoms with Crippen LogP contribution >= 0.6 is 0 Å². The largest absolute Gasteiger partial charge is 0.514 e. The molecule has 3 rings (SSSR count). The van der Waals surface area contributed by atoms with Crippen molar-refractivity contribution in [3.8, 4) is 0 Å². The van der Waals surface area contributed by atoms with Crippen LogP contribution in [0.2, 0.25) is 0 Å². The molecule has 0 saturated carbocycles. The number of halogens is 6. The minimum absolute atomic E-state index is 0.141. The lowest BCUT2D eigenvalue weighted by atomic mass is 9.89. The van der Waals surface area contributed by atoms with E-state index in [1.165, 1.54) is 42.5 Å². The van der Waals surface area contributed by atoms with Gasteiger partial charge in [-0.1, -0.05) is 48.6 Å². The van der Waals surface area contributed by atoms with Gasteiger partial charge in [0, 0.05) is 11.3 Å². The Balaban J connectivity index is 2.06. The second kappa shape index (κ2) is 10.8. The van der Waals surface area contributed by atoms with Crippen LogP contribution in [0.4, 0.5) is 36.8 Å². The van der Waals surface area contributed by atoms with Crippen molar-refractivity contribution in [2.75, 3.05) is 31.1 Å². The van der Waals surface area contributed by atoms with Gasteiger partial charge in [0.25, 0.3) is 5.60 Å². The lowest BCUT2D eigenvalue weighted by molar-refractivity contribution is -0.903. The quantitative estimate of drug-likeness (QED) is 0.297. The van der Waals surface area contributed by atoms with Gasteiger partial charge in [-0.2, -0.15) is 31.1 Å². The molecule has 1 N–H and O–H groups in total. The molecule has 1 amide bonds. The van der Waals surface area contributed by atoms with E-state index < -0.39 is 41.8 Å². The first-order valence-corrected chi connectivity index (χ1v) is 12.4. The number of carbonyl (C=O) groups is 1. The van der Waals surface area contributed by atoms with E-state index in [9.17, 15) is 36.2 Å². The van der Waals surface area contributed by atoms with Crippen molar-refractivity contribution in [3.63, 3.8) is 0 Å². The molecule has 0 spiro atoms. The Morgan fingerprint density at radius 3 is 2.00 bits per heavy atom. The number of rotatable bonds is 6. The Morgan fingerprint density at radius 2 is 1.54 bits per heavy atom. The van der Waals surface area contributed by atoms with Crippen LogP contribution < -0.4 is 4.90 Å². The molecule has 0 unspecified atom stereocenters. The van der Waals surface area contributed by atoms with E-state index in [1.807, 2.05) is 20.8 Å². The third-order valence-electron chi connectivity index (χ3n) is 7.37. The number of carboxylic acid groups (broad SMARTS) is 1. The number of nitrogens with zero attached hydrogens (tertiary/aromatic N) is 2. The topological polar surface area (TPSA) is 49.8 Å². The molecule has 2 aromatic rings. The highest BCUT2D eigenvalue weighted by molar-refractivity contribution is 5.69. The molecule has 39 heavy (non-hydrogen) atoms. The third-order valence-corrected chi connectivity index (χ3v) is 7.37. The summed E-state index contributed by atoms with van der Waals surface area (Å²) in [5.41, 5.74) is -5.54. The zero-order valence-electron chi connectivity index (χ0n) is 22.2. The van der Waals surface area contributed by atoms with Crippen molar-refractivity contribution in [1.82, 2.24) is 0 Å². The van der Waals surface area contributed by atoms with Crippen molar-refractivity contribution in [2.45, 2.75) is 57.8 Å². The minimum Gasteiger partial charge on any atom is -0.435 e. The summed E-state index contributed by atoms with van der Waals surface area (Å²) >= 11 is 0. The first kappa shape index (κ1) is 30.5. The van der Waals surface area contributed by atoms with Crippen LogP contribution in [0, 0.1) is 0 Å². The summed E-state index contributed by atoms with van der Waals surface area (Å²) in [6.07, 6.45) is -9.66. The number of benzene rings is 2. The average Bonchev–Trinajstić information content (AvgIpc) is 2.83. The van der Waals surface area contributed by atoms with Crippen LogP contribution in [0.3, 0.4) is 0 Å². The first-order chi connectivity index (χ1) is 18.0. The molecule has 1 aliphatic heterocycles. The van der Waals surface area contributed by atoms with Crippen molar-refractivity contribution < 1.29 is 45.5 Å². The lowest BCUT2D eigenvalue weighted by Gasteiger charge is -2.48. The summed E-state index contributed by atoms with van der Waals surface area (Å²) in [7, 11) is 0. The van der Waals surface area contributed by atoms with Gasteiger partial charge in [0.05, 0.1) is 19.7 Å². The zero-order valence-corrected chi connectivity index (χ0v) is 22.2. The Bertz CT molecular complexity index is 1160. The van der Waals surface area contributed by atoms with Crippen molar-refractivity contribution in [2.24, 2.45) is 0 Å². The smallest absolute Gasteiger partial charge is 0.435 e. The van der Waals surface area contributed by atoms with Crippen molar-refractivity contribution in [3.05, 3.63) is 71.3 Å². The standard InChI is InChI=1S/C28H32F6N2O3/c1-5-9-21-18-22(12-13-23(21)35-14-16-36(17-15-35,24(37)38)25(2,3)4)26(27(29,30)31,28(32,33)34)39-19-20-10-7-6-8-11-20/h5-13,18H,14-17,19H2,1-4H3/p+1/b9-5-. The van der Waals surface area contributed by atoms with E-state index >= 15 is 0 Å². The average molecular weight is 560 g/mol. The van der Waals surface area contributed by atoms with E-state index in [1.54, 1.807) is 17.9 Å². The predicted octanol–water partition coefficient (Wildman–Crippen LogP) is 7.37. The molecule has 1 heterocycles. The molecule has 0 atom stereocenters. The predicted molar refractivity (Wildman–Crippen MR) is 136 cm³/mol. The normalized spacial score (nSPS) is 17.0. The molecule has 0 radical (unpaired) electrons. The maximum absolute atomic E-state index is 14.4. The Hall–Kier alpha value is -3.05. The van der Waals surface area contributed by atoms with E-state index in [4.69, 9.17) is 4.74 Å². The molecular weight excluding hydrogens is 526 g/mol. The molecule has 1 saturated heterocycles. The number of alkyl halides is 6. The second-order valence-corrected chi connectivity index (χ2v) is 10.6. The second-order valence-electron chi connectivity index (χ2n) is 10.6. The van der Waals surface area contributed by atoms with Gasteiger partial charge in [-0.15, -0.1) is 0 Å². The SMILES string of the molecule is C/C=C\c1cc(C(OCc2ccccc2)(C(F)(F)F)C(F)(F)F)ccc1N1CC[N+](C(=O)O)(C(C)(C)C)CC1. The molecule has 214 valence electrons. The van der Waals surface area contributed by atoms with Gasteiger partial charge in [-0.05, 0) is 51.0 Å². The van der Waals surface area contributed by atoms with E-state index in [2.05, 4.69) is 0 Å². The fourth-order valence-electron chi connectivity index (χ4n) is 5.07. The minimum atomic E-state index is -5.81. The van der Waals surface area contributed by atoms with E-state index in [0.29, 0.717) is 5.69 Å². The molecule has 5 nitrogen and oxygen atoms in total. The number of piperazine rings is 1. The van der Waals surface area contributed by atoms with Crippen LogP contribution in [0.5, 0.6) is 0 Å². The van der Waals surface area contributed by atoms with Gasteiger partial charge in [-0.3, -0.25) is 0 Å². The lowest BCUT2D eigenvalue weighted by Crippen LogP contribution is -2.69. The molecule has 0 aliphatic carbocycles. The van der Waals surface area contributed by atoms with Gasteiger partial charge in [0.15, 0.2) is 0 Å². The van der Waals surface area contributed by atoms with Gasteiger partial charge >= 0.3 is 18.4 Å². The highest BCUT2D eigenvalue weighted by atomic mass is 19.4. The summed E-state index contributed by atoms with van der Waals surface area (Å²) in [5, 5.41) is 9.95. The van der Waals surface area contributed by atoms with Crippen LogP contribution in [0.1, 0.15) is 44.4 Å². The number of anilines is 1. The highest BCUT2D eigenvalue weighted by Gasteiger charge is 2.73. The highest BCUT2D eigenvalue weighted by Crippen LogP contribution is 2.54. The molecule has 11 heteroatoms.